The van der Waals surface area contributed by atoms with Crippen molar-refractivity contribution in [1.29, 1.82) is 0 Å². The molecular formula is C12H13ClFN3. The number of nitrogens with two attached hydrogens (primary N) is 1. The molecule has 0 aliphatic carbocycles. The topological polar surface area (TPSA) is 43.8 Å². The molecule has 2 N–H and O–H groups in total. The summed E-state index contributed by atoms with van der Waals surface area (Å²) in [7, 11) is 0. The summed E-state index contributed by atoms with van der Waals surface area (Å²) in [5.41, 5.74) is 7.86. The summed E-state index contributed by atoms with van der Waals surface area (Å²) in [6.45, 7) is 4.01. The molecule has 1 aromatic heterocycles. The van der Waals surface area contributed by atoms with E-state index in [0.29, 0.717) is 11.4 Å². The Morgan fingerprint density at radius 3 is 2.65 bits per heavy atom. The number of hydrogen-bond acceptors (Lipinski definition) is 2. The van der Waals surface area contributed by atoms with E-state index in [9.17, 15) is 4.39 Å². The van der Waals surface area contributed by atoms with Gasteiger partial charge in [0, 0.05) is 6.07 Å². The van der Waals surface area contributed by atoms with Crippen molar-refractivity contribution in [2.24, 2.45) is 0 Å². The van der Waals surface area contributed by atoms with Gasteiger partial charge >= 0.3 is 0 Å². The summed E-state index contributed by atoms with van der Waals surface area (Å²) >= 11 is 5.63. The summed E-state index contributed by atoms with van der Waals surface area (Å²) in [4.78, 5) is 0. The summed E-state index contributed by atoms with van der Waals surface area (Å²) in [6, 6.07) is 4.53. The molecular weight excluding hydrogens is 241 g/mol. The molecule has 17 heavy (non-hydrogen) atoms. The van der Waals surface area contributed by atoms with Crippen molar-refractivity contribution in [3.05, 3.63) is 40.9 Å². The molecule has 5 heteroatoms. The Labute approximate surface area is 104 Å². The summed E-state index contributed by atoms with van der Waals surface area (Å²) in [5, 5.41) is 4.43. The lowest BCUT2D eigenvalue weighted by atomic mass is 10.1. The van der Waals surface area contributed by atoms with Crippen LogP contribution in [-0.2, 0) is 0 Å². The Bertz CT molecular complexity index is 549. The second kappa shape index (κ2) is 4.37. The van der Waals surface area contributed by atoms with Gasteiger partial charge in [-0.15, -0.1) is 0 Å². The van der Waals surface area contributed by atoms with Crippen LogP contribution in [0.15, 0.2) is 24.4 Å². The maximum atomic E-state index is 13.3. The van der Waals surface area contributed by atoms with Crippen LogP contribution in [0.1, 0.15) is 25.5 Å². The molecule has 0 atom stereocenters. The van der Waals surface area contributed by atoms with E-state index in [-0.39, 0.29) is 10.9 Å². The Morgan fingerprint density at radius 1 is 1.41 bits per heavy atom. The first-order valence-corrected chi connectivity index (χ1v) is 5.67. The molecule has 0 bridgehead atoms. The van der Waals surface area contributed by atoms with Gasteiger partial charge in [-0.05, 0) is 18.1 Å². The van der Waals surface area contributed by atoms with Crippen LogP contribution in [0, 0.1) is 5.82 Å². The number of hydrogen-bond donors (Lipinski definition) is 1. The number of benzene rings is 1. The van der Waals surface area contributed by atoms with Crippen molar-refractivity contribution >= 4 is 17.3 Å². The van der Waals surface area contributed by atoms with Crippen LogP contribution in [-0.4, -0.2) is 9.78 Å². The predicted octanol–water partition coefficient (Wildman–Crippen LogP) is 3.37. The average molecular weight is 254 g/mol. The van der Waals surface area contributed by atoms with Crippen LogP contribution in [0.4, 0.5) is 10.1 Å². The van der Waals surface area contributed by atoms with Crippen LogP contribution in [0.3, 0.4) is 0 Å². The lowest BCUT2D eigenvalue weighted by Gasteiger charge is -2.03. The van der Waals surface area contributed by atoms with E-state index in [0.717, 1.165) is 5.69 Å². The van der Waals surface area contributed by atoms with Crippen molar-refractivity contribution in [1.82, 2.24) is 9.78 Å². The van der Waals surface area contributed by atoms with Crippen molar-refractivity contribution < 1.29 is 4.39 Å². The molecule has 90 valence electrons. The molecule has 0 fully saturated rings. The molecule has 0 saturated heterocycles. The van der Waals surface area contributed by atoms with E-state index in [1.54, 1.807) is 16.9 Å². The maximum Gasteiger partial charge on any atom is 0.143 e. The van der Waals surface area contributed by atoms with Gasteiger partial charge in [-0.3, -0.25) is 0 Å². The zero-order valence-corrected chi connectivity index (χ0v) is 10.4. The monoisotopic (exact) mass is 253 g/mol. The molecule has 2 rings (SSSR count). The number of anilines is 1. The third-order valence-corrected chi connectivity index (χ3v) is 2.79. The Hall–Kier alpha value is -1.55. The van der Waals surface area contributed by atoms with Crippen molar-refractivity contribution in [3.63, 3.8) is 0 Å². The van der Waals surface area contributed by atoms with E-state index in [2.05, 4.69) is 5.10 Å². The summed E-state index contributed by atoms with van der Waals surface area (Å²) < 4.78 is 14.9. The molecule has 1 heterocycles. The summed E-state index contributed by atoms with van der Waals surface area (Å²) in [5.74, 6) is -0.238. The molecule has 0 unspecified atom stereocenters. The van der Waals surface area contributed by atoms with Crippen molar-refractivity contribution in [2.45, 2.75) is 19.8 Å². The Morgan fingerprint density at radius 2 is 2.12 bits per heavy atom. The molecule has 2 aromatic rings. The first kappa shape index (κ1) is 11.9. The second-order valence-corrected chi connectivity index (χ2v) is 4.57. The van der Waals surface area contributed by atoms with E-state index in [1.807, 2.05) is 13.8 Å². The molecule has 0 saturated carbocycles. The van der Waals surface area contributed by atoms with Gasteiger partial charge in [-0.1, -0.05) is 25.4 Å². The SMILES string of the molecule is CC(C)c1nn(-c2ccc(Cl)c(F)c2)cc1N. The molecule has 0 aliphatic heterocycles. The van der Waals surface area contributed by atoms with Crippen LogP contribution < -0.4 is 5.73 Å². The molecule has 0 spiro atoms. The van der Waals surface area contributed by atoms with Crippen LogP contribution in [0.2, 0.25) is 5.02 Å². The zero-order chi connectivity index (χ0) is 12.6. The zero-order valence-electron chi connectivity index (χ0n) is 9.61. The summed E-state index contributed by atoms with van der Waals surface area (Å²) in [6.07, 6.45) is 1.68. The van der Waals surface area contributed by atoms with E-state index >= 15 is 0 Å². The second-order valence-electron chi connectivity index (χ2n) is 4.17. The molecule has 0 aliphatic rings. The minimum Gasteiger partial charge on any atom is -0.396 e. The van der Waals surface area contributed by atoms with E-state index < -0.39 is 5.82 Å². The van der Waals surface area contributed by atoms with Crippen molar-refractivity contribution in [2.75, 3.05) is 5.73 Å². The lowest BCUT2D eigenvalue weighted by molar-refractivity contribution is 0.625. The highest BCUT2D eigenvalue weighted by molar-refractivity contribution is 6.30. The maximum absolute atomic E-state index is 13.3. The van der Waals surface area contributed by atoms with Gasteiger partial charge in [0.05, 0.1) is 28.3 Å². The predicted molar refractivity (Wildman–Crippen MR) is 67.0 cm³/mol. The largest absolute Gasteiger partial charge is 0.396 e. The minimum atomic E-state index is -0.468. The third-order valence-electron chi connectivity index (χ3n) is 2.49. The number of nitrogens with zero attached hydrogens (tertiary/aromatic N) is 2. The first-order valence-electron chi connectivity index (χ1n) is 5.29. The lowest BCUT2D eigenvalue weighted by Crippen LogP contribution is -1.98. The van der Waals surface area contributed by atoms with Gasteiger partial charge in [-0.2, -0.15) is 5.10 Å². The molecule has 1 aromatic carbocycles. The Balaban J connectivity index is 2.46. The van der Waals surface area contributed by atoms with Crippen LogP contribution >= 0.6 is 11.6 Å². The highest BCUT2D eigenvalue weighted by Crippen LogP contribution is 2.23. The fourth-order valence-electron chi connectivity index (χ4n) is 1.61. The van der Waals surface area contributed by atoms with Gasteiger partial charge in [0.25, 0.3) is 0 Å². The molecule has 0 radical (unpaired) electrons. The number of aromatic nitrogens is 2. The smallest absolute Gasteiger partial charge is 0.143 e. The number of nitrogen functional groups attached to an aromatic ring is 1. The van der Waals surface area contributed by atoms with Crippen molar-refractivity contribution in [3.8, 4) is 5.69 Å². The number of halogens is 2. The highest BCUT2D eigenvalue weighted by Gasteiger charge is 2.11. The third kappa shape index (κ3) is 2.26. The minimum absolute atomic E-state index is 0.0953. The highest BCUT2D eigenvalue weighted by atomic mass is 35.5. The Kier molecular flexibility index (Phi) is 3.07. The van der Waals surface area contributed by atoms with Gasteiger partial charge < -0.3 is 5.73 Å². The standard InChI is InChI=1S/C12H13ClFN3/c1-7(2)12-11(15)6-17(16-12)8-3-4-9(13)10(14)5-8/h3-7H,15H2,1-2H3. The van der Waals surface area contributed by atoms with Gasteiger partial charge in [-0.25, -0.2) is 9.07 Å². The van der Waals surface area contributed by atoms with Crippen LogP contribution in [0.5, 0.6) is 0 Å². The average Bonchev–Trinajstić information content (AvgIpc) is 2.64. The fourth-order valence-corrected chi connectivity index (χ4v) is 1.73. The van der Waals surface area contributed by atoms with Gasteiger partial charge in [0.1, 0.15) is 5.82 Å². The number of rotatable bonds is 2. The van der Waals surface area contributed by atoms with E-state index in [1.165, 1.54) is 12.1 Å². The van der Waals surface area contributed by atoms with E-state index in [4.69, 9.17) is 17.3 Å². The molecule has 3 nitrogen and oxygen atoms in total. The fraction of sp³-hybridized carbons (Fsp3) is 0.250. The van der Waals surface area contributed by atoms with Crippen LogP contribution in [0.25, 0.3) is 5.69 Å². The van der Waals surface area contributed by atoms with Gasteiger partial charge in [0.2, 0.25) is 0 Å². The van der Waals surface area contributed by atoms with Gasteiger partial charge in [0.15, 0.2) is 0 Å². The quantitative estimate of drug-likeness (QED) is 0.892. The first-order chi connectivity index (χ1) is 7.99. The molecule has 0 amide bonds. The normalized spacial score (nSPS) is 11.1.